The molecule has 0 atom stereocenters. The summed E-state index contributed by atoms with van der Waals surface area (Å²) in [4.78, 5) is 25.1. The Morgan fingerprint density at radius 2 is 1.83 bits per heavy atom. The number of methoxy groups -OCH3 is 1. The van der Waals surface area contributed by atoms with Crippen LogP contribution in [0.25, 0.3) is 0 Å². The van der Waals surface area contributed by atoms with Gasteiger partial charge in [0.25, 0.3) is 0 Å². The number of rotatable bonds is 10. The molecule has 1 amide bonds. The number of carbonyl (C=O) groups is 2. The SMILES string of the molecule is COCCNc1nnc(SCC(=O)Nc2ccccc2C(=O)c2ccccc2)s1. The molecule has 0 unspecified atom stereocenters. The monoisotopic (exact) mass is 428 g/mol. The molecule has 150 valence electrons. The number of ether oxygens (including phenoxy) is 1. The van der Waals surface area contributed by atoms with Crippen LogP contribution in [0.4, 0.5) is 10.8 Å². The molecule has 0 bridgehead atoms. The number of ketones is 1. The van der Waals surface area contributed by atoms with Gasteiger partial charge in [-0.05, 0) is 12.1 Å². The first-order chi connectivity index (χ1) is 14.2. The second-order valence-corrected chi connectivity index (χ2v) is 8.07. The van der Waals surface area contributed by atoms with Gasteiger partial charge >= 0.3 is 0 Å². The molecule has 0 saturated carbocycles. The number of carbonyl (C=O) groups excluding carboxylic acids is 2. The fraction of sp³-hybridized carbons (Fsp3) is 0.200. The lowest BCUT2D eigenvalue weighted by Crippen LogP contribution is -2.16. The molecule has 0 spiro atoms. The number of aromatic nitrogens is 2. The highest BCUT2D eigenvalue weighted by Crippen LogP contribution is 2.26. The third kappa shape index (κ3) is 6.11. The van der Waals surface area contributed by atoms with Crippen LogP contribution in [0.15, 0.2) is 58.9 Å². The number of nitrogens with one attached hydrogen (secondary N) is 2. The van der Waals surface area contributed by atoms with Gasteiger partial charge in [0.15, 0.2) is 10.1 Å². The van der Waals surface area contributed by atoms with E-state index < -0.39 is 0 Å². The van der Waals surface area contributed by atoms with Crippen LogP contribution in [-0.2, 0) is 9.53 Å². The smallest absolute Gasteiger partial charge is 0.234 e. The lowest BCUT2D eigenvalue weighted by molar-refractivity contribution is -0.113. The molecule has 0 fully saturated rings. The summed E-state index contributed by atoms with van der Waals surface area (Å²) in [7, 11) is 1.63. The van der Waals surface area contributed by atoms with E-state index in [0.29, 0.717) is 39.4 Å². The molecule has 0 aliphatic rings. The Morgan fingerprint density at radius 3 is 2.62 bits per heavy atom. The van der Waals surface area contributed by atoms with Crippen molar-refractivity contribution in [2.75, 3.05) is 36.6 Å². The number of benzene rings is 2. The molecule has 9 heteroatoms. The third-order valence-electron chi connectivity index (χ3n) is 3.80. The molecule has 0 saturated heterocycles. The van der Waals surface area contributed by atoms with Gasteiger partial charge in [-0.15, -0.1) is 10.2 Å². The van der Waals surface area contributed by atoms with Crippen LogP contribution in [0.2, 0.25) is 0 Å². The minimum absolute atomic E-state index is 0.134. The Bertz CT molecular complexity index is 963. The van der Waals surface area contributed by atoms with Gasteiger partial charge in [-0.1, -0.05) is 65.6 Å². The number of para-hydroxylation sites is 1. The van der Waals surface area contributed by atoms with Crippen molar-refractivity contribution in [3.63, 3.8) is 0 Å². The van der Waals surface area contributed by atoms with Crippen molar-refractivity contribution < 1.29 is 14.3 Å². The van der Waals surface area contributed by atoms with E-state index in [1.807, 2.05) is 18.2 Å². The molecule has 0 aliphatic carbocycles. The molecular formula is C20H20N4O3S2. The van der Waals surface area contributed by atoms with E-state index in [0.717, 1.165) is 0 Å². The fourth-order valence-electron chi connectivity index (χ4n) is 2.45. The third-order valence-corrected chi connectivity index (χ3v) is 5.81. The maximum absolute atomic E-state index is 12.7. The molecule has 1 aromatic heterocycles. The average molecular weight is 429 g/mol. The Labute approximate surface area is 176 Å². The quantitative estimate of drug-likeness (QED) is 0.290. The molecule has 7 nitrogen and oxygen atoms in total. The minimum Gasteiger partial charge on any atom is -0.383 e. The zero-order chi connectivity index (χ0) is 20.5. The van der Waals surface area contributed by atoms with Crippen molar-refractivity contribution in [3.05, 3.63) is 65.7 Å². The van der Waals surface area contributed by atoms with Gasteiger partial charge < -0.3 is 15.4 Å². The first kappa shape index (κ1) is 21.0. The van der Waals surface area contributed by atoms with Gasteiger partial charge in [0.1, 0.15) is 0 Å². The molecule has 0 aliphatic heterocycles. The Balaban J connectivity index is 1.58. The Hall–Kier alpha value is -2.75. The molecular weight excluding hydrogens is 408 g/mol. The molecule has 29 heavy (non-hydrogen) atoms. The van der Waals surface area contributed by atoms with Crippen LogP contribution >= 0.6 is 23.1 Å². The second kappa shape index (κ2) is 10.7. The maximum atomic E-state index is 12.7. The standard InChI is InChI=1S/C20H20N4O3S2/c1-27-12-11-21-19-23-24-20(29-19)28-13-17(25)22-16-10-6-5-9-15(16)18(26)14-7-3-2-4-8-14/h2-10H,11-13H2,1H3,(H,21,23)(H,22,25). The lowest BCUT2D eigenvalue weighted by Gasteiger charge is -2.10. The second-order valence-electron chi connectivity index (χ2n) is 5.87. The highest BCUT2D eigenvalue weighted by atomic mass is 32.2. The highest BCUT2D eigenvalue weighted by Gasteiger charge is 2.15. The number of amides is 1. The van der Waals surface area contributed by atoms with Crippen molar-refractivity contribution in [1.29, 1.82) is 0 Å². The first-order valence-electron chi connectivity index (χ1n) is 8.85. The summed E-state index contributed by atoms with van der Waals surface area (Å²) in [5.74, 6) is -0.182. The molecule has 1 heterocycles. The van der Waals surface area contributed by atoms with E-state index >= 15 is 0 Å². The van der Waals surface area contributed by atoms with Crippen molar-refractivity contribution >= 4 is 45.6 Å². The topological polar surface area (TPSA) is 93.2 Å². The van der Waals surface area contributed by atoms with E-state index in [4.69, 9.17) is 4.74 Å². The molecule has 3 aromatic rings. The van der Waals surface area contributed by atoms with Crippen molar-refractivity contribution in [3.8, 4) is 0 Å². The zero-order valence-electron chi connectivity index (χ0n) is 15.8. The van der Waals surface area contributed by atoms with Gasteiger partial charge in [-0.3, -0.25) is 9.59 Å². The molecule has 0 radical (unpaired) electrons. The van der Waals surface area contributed by atoms with Crippen LogP contribution in [0.3, 0.4) is 0 Å². The number of anilines is 2. The predicted molar refractivity (Wildman–Crippen MR) is 116 cm³/mol. The zero-order valence-corrected chi connectivity index (χ0v) is 17.4. The van der Waals surface area contributed by atoms with E-state index in [-0.39, 0.29) is 17.4 Å². The van der Waals surface area contributed by atoms with Gasteiger partial charge in [0, 0.05) is 24.8 Å². The van der Waals surface area contributed by atoms with E-state index in [1.165, 1.54) is 23.1 Å². The summed E-state index contributed by atoms with van der Waals surface area (Å²) < 4.78 is 5.66. The van der Waals surface area contributed by atoms with Gasteiger partial charge in [-0.25, -0.2) is 0 Å². The fourth-order valence-corrected chi connectivity index (χ4v) is 4.03. The minimum atomic E-state index is -0.215. The summed E-state index contributed by atoms with van der Waals surface area (Å²) in [6.45, 7) is 1.22. The lowest BCUT2D eigenvalue weighted by atomic mass is 10.0. The van der Waals surface area contributed by atoms with Crippen molar-refractivity contribution in [1.82, 2.24) is 10.2 Å². The summed E-state index contributed by atoms with van der Waals surface area (Å²) in [5, 5.41) is 14.7. The van der Waals surface area contributed by atoms with Crippen LogP contribution in [0.5, 0.6) is 0 Å². The summed E-state index contributed by atoms with van der Waals surface area (Å²) >= 11 is 2.67. The van der Waals surface area contributed by atoms with Gasteiger partial charge in [-0.2, -0.15) is 0 Å². The maximum Gasteiger partial charge on any atom is 0.234 e. The number of hydrogen-bond donors (Lipinski definition) is 2. The largest absolute Gasteiger partial charge is 0.383 e. The Kier molecular flexibility index (Phi) is 7.74. The Morgan fingerprint density at radius 1 is 1.07 bits per heavy atom. The van der Waals surface area contributed by atoms with E-state index in [1.54, 1.807) is 43.5 Å². The van der Waals surface area contributed by atoms with E-state index in [9.17, 15) is 9.59 Å². The number of nitrogens with zero attached hydrogens (tertiary/aromatic N) is 2. The normalized spacial score (nSPS) is 10.5. The summed E-state index contributed by atoms with van der Waals surface area (Å²) in [6, 6.07) is 16.0. The van der Waals surface area contributed by atoms with Crippen LogP contribution in [0.1, 0.15) is 15.9 Å². The van der Waals surface area contributed by atoms with Crippen LogP contribution in [-0.4, -0.2) is 47.9 Å². The molecule has 2 N–H and O–H groups in total. The van der Waals surface area contributed by atoms with Crippen molar-refractivity contribution in [2.45, 2.75) is 4.34 Å². The first-order valence-corrected chi connectivity index (χ1v) is 10.7. The number of thioether (sulfide) groups is 1. The van der Waals surface area contributed by atoms with E-state index in [2.05, 4.69) is 20.8 Å². The van der Waals surface area contributed by atoms with Gasteiger partial charge in [0.05, 0.1) is 18.0 Å². The number of hydrogen-bond acceptors (Lipinski definition) is 8. The van der Waals surface area contributed by atoms with Gasteiger partial charge in [0.2, 0.25) is 11.0 Å². The summed E-state index contributed by atoms with van der Waals surface area (Å²) in [5.41, 5.74) is 1.52. The average Bonchev–Trinajstić information content (AvgIpc) is 3.21. The summed E-state index contributed by atoms with van der Waals surface area (Å²) in [6.07, 6.45) is 0. The van der Waals surface area contributed by atoms with Crippen molar-refractivity contribution in [2.24, 2.45) is 0 Å². The highest BCUT2D eigenvalue weighted by molar-refractivity contribution is 8.01. The van der Waals surface area contributed by atoms with Crippen LogP contribution < -0.4 is 10.6 Å². The molecule has 2 aromatic carbocycles. The van der Waals surface area contributed by atoms with Crippen LogP contribution in [0, 0.1) is 0 Å². The molecule has 3 rings (SSSR count). The predicted octanol–water partition coefficient (Wildman–Crippen LogP) is 3.56.